The maximum absolute atomic E-state index is 9.14. The SMILES string of the molecule is C=CC(=O)[O-].C=CC(=O)[O-].[Cu+2]. The van der Waals surface area contributed by atoms with Crippen LogP contribution in [0.1, 0.15) is 0 Å². The summed E-state index contributed by atoms with van der Waals surface area (Å²) in [4.78, 5) is 18.3. The zero-order valence-corrected chi connectivity index (χ0v) is 6.45. The summed E-state index contributed by atoms with van der Waals surface area (Å²) in [6.45, 7) is 5.80. The maximum Gasteiger partial charge on any atom is 2.00 e. The first-order valence-electron chi connectivity index (χ1n) is 2.21. The predicted molar refractivity (Wildman–Crippen MR) is 30.4 cm³/mol. The van der Waals surface area contributed by atoms with E-state index in [4.69, 9.17) is 19.8 Å². The molecule has 5 heteroatoms. The monoisotopic (exact) mass is 205 g/mol. The predicted octanol–water partition coefficient (Wildman–Crippen LogP) is -2.16. The molecule has 0 N–H and O–H groups in total. The second-order valence-corrected chi connectivity index (χ2v) is 1.05. The number of carboxylic acid groups (broad SMARTS) is 2. The van der Waals surface area contributed by atoms with Crippen LogP contribution in [-0.2, 0) is 26.7 Å². The van der Waals surface area contributed by atoms with Gasteiger partial charge in [0.05, 0.1) is 11.9 Å². The second kappa shape index (κ2) is 11.7. The third-order valence-electron chi connectivity index (χ3n) is 0.333. The van der Waals surface area contributed by atoms with Crippen LogP contribution in [0.2, 0.25) is 0 Å². The molecular weight excluding hydrogens is 200 g/mol. The summed E-state index contributed by atoms with van der Waals surface area (Å²) < 4.78 is 0. The quantitative estimate of drug-likeness (QED) is 0.380. The van der Waals surface area contributed by atoms with Crippen molar-refractivity contribution in [2.24, 2.45) is 0 Å². The van der Waals surface area contributed by atoms with E-state index in [0.717, 1.165) is 12.2 Å². The van der Waals surface area contributed by atoms with Gasteiger partial charge in [-0.1, -0.05) is 13.2 Å². The molecule has 0 heterocycles. The van der Waals surface area contributed by atoms with E-state index < -0.39 is 11.9 Å². The van der Waals surface area contributed by atoms with Crippen molar-refractivity contribution in [2.45, 2.75) is 0 Å². The van der Waals surface area contributed by atoms with Gasteiger partial charge in [0, 0.05) is 0 Å². The van der Waals surface area contributed by atoms with Crippen molar-refractivity contribution < 1.29 is 36.9 Å². The van der Waals surface area contributed by atoms with Gasteiger partial charge < -0.3 is 19.8 Å². The fourth-order valence-corrected chi connectivity index (χ4v) is 0. The van der Waals surface area contributed by atoms with E-state index in [1.165, 1.54) is 0 Å². The smallest absolute Gasteiger partial charge is 0.545 e. The zero-order valence-electron chi connectivity index (χ0n) is 5.50. The minimum absolute atomic E-state index is 0. The molecule has 0 saturated heterocycles. The molecule has 0 spiro atoms. The van der Waals surface area contributed by atoms with Gasteiger partial charge in [-0.15, -0.1) is 0 Å². The summed E-state index contributed by atoms with van der Waals surface area (Å²) in [7, 11) is 0. The molecule has 0 rings (SSSR count). The molecule has 0 aromatic heterocycles. The largest absolute Gasteiger partial charge is 2.00 e. The summed E-state index contributed by atoms with van der Waals surface area (Å²) in [6, 6.07) is 0. The van der Waals surface area contributed by atoms with Gasteiger partial charge in [0.25, 0.3) is 0 Å². The van der Waals surface area contributed by atoms with Crippen molar-refractivity contribution >= 4 is 11.9 Å². The van der Waals surface area contributed by atoms with E-state index in [-0.39, 0.29) is 17.1 Å². The molecule has 0 amide bonds. The summed E-state index contributed by atoms with van der Waals surface area (Å²) >= 11 is 0. The Morgan fingerprint density at radius 2 is 1.09 bits per heavy atom. The number of hydrogen-bond donors (Lipinski definition) is 0. The zero-order chi connectivity index (χ0) is 8.57. The van der Waals surface area contributed by atoms with Gasteiger partial charge in [0.15, 0.2) is 0 Å². The van der Waals surface area contributed by atoms with Crippen LogP contribution in [-0.4, -0.2) is 11.9 Å². The molecule has 0 bridgehead atoms. The maximum atomic E-state index is 9.14. The molecule has 0 aliphatic rings. The summed E-state index contributed by atoms with van der Waals surface area (Å²) in [6.07, 6.45) is 1.44. The van der Waals surface area contributed by atoms with Gasteiger partial charge in [-0.05, 0) is 12.2 Å². The van der Waals surface area contributed by atoms with Crippen LogP contribution in [0.5, 0.6) is 0 Å². The van der Waals surface area contributed by atoms with Crippen molar-refractivity contribution in [3.05, 3.63) is 25.3 Å². The molecule has 0 atom stereocenters. The molecular formula is C6H6CuO4. The number of carbonyl (C=O) groups is 2. The Bertz CT molecular complexity index is 135. The number of carboxylic acids is 2. The minimum atomic E-state index is -1.23. The van der Waals surface area contributed by atoms with Crippen LogP contribution in [0.4, 0.5) is 0 Å². The van der Waals surface area contributed by atoms with E-state index in [0.29, 0.717) is 0 Å². The van der Waals surface area contributed by atoms with E-state index in [9.17, 15) is 0 Å². The molecule has 0 fully saturated rings. The summed E-state index contributed by atoms with van der Waals surface area (Å²) in [5.41, 5.74) is 0. The van der Waals surface area contributed by atoms with Crippen LogP contribution >= 0.6 is 0 Å². The topological polar surface area (TPSA) is 80.3 Å². The fourth-order valence-electron chi connectivity index (χ4n) is 0. The third kappa shape index (κ3) is 49.8. The molecule has 0 aromatic rings. The minimum Gasteiger partial charge on any atom is -0.545 e. The van der Waals surface area contributed by atoms with Crippen molar-refractivity contribution in [1.29, 1.82) is 0 Å². The normalized spacial score (nSPS) is 5.82. The fraction of sp³-hybridized carbons (Fsp3) is 0. The van der Waals surface area contributed by atoms with Gasteiger partial charge in [-0.3, -0.25) is 0 Å². The van der Waals surface area contributed by atoms with E-state index in [1.807, 2.05) is 0 Å². The number of carbonyl (C=O) groups excluding carboxylic acids is 2. The standard InChI is InChI=1S/2C3H4O2.Cu/c2*1-2-3(4)5;/h2*2H,1H2,(H,4,5);/q;;+2/p-2. The second-order valence-electron chi connectivity index (χ2n) is 1.05. The molecule has 1 radical (unpaired) electrons. The Balaban J connectivity index is -0.000000107. The van der Waals surface area contributed by atoms with Crippen molar-refractivity contribution in [2.75, 3.05) is 0 Å². The van der Waals surface area contributed by atoms with E-state index in [2.05, 4.69) is 13.2 Å². The number of rotatable bonds is 2. The number of aliphatic carboxylic acids is 2. The Morgan fingerprint density at radius 3 is 1.09 bits per heavy atom. The summed E-state index contributed by atoms with van der Waals surface area (Å²) in [5, 5.41) is 18.3. The first-order chi connectivity index (χ1) is 4.54. The van der Waals surface area contributed by atoms with Crippen molar-refractivity contribution in [1.82, 2.24) is 0 Å². The average Bonchev–Trinajstić information content (AvgIpc) is 1.89. The van der Waals surface area contributed by atoms with Crippen LogP contribution in [0.25, 0.3) is 0 Å². The van der Waals surface area contributed by atoms with Crippen LogP contribution in [0.15, 0.2) is 25.3 Å². The Morgan fingerprint density at radius 1 is 1.00 bits per heavy atom. The Kier molecular flexibility index (Phi) is 17.5. The van der Waals surface area contributed by atoms with Crippen molar-refractivity contribution in [3.8, 4) is 0 Å². The first-order valence-corrected chi connectivity index (χ1v) is 2.21. The molecule has 0 aromatic carbocycles. The molecule has 4 nitrogen and oxygen atoms in total. The summed E-state index contributed by atoms with van der Waals surface area (Å²) in [5.74, 6) is -2.46. The van der Waals surface area contributed by atoms with Gasteiger partial charge >= 0.3 is 17.1 Å². The van der Waals surface area contributed by atoms with Gasteiger partial charge in [0.1, 0.15) is 0 Å². The van der Waals surface area contributed by atoms with Gasteiger partial charge in [0.2, 0.25) is 0 Å². The van der Waals surface area contributed by atoms with Gasteiger partial charge in [-0.25, -0.2) is 0 Å². The number of hydrogen-bond acceptors (Lipinski definition) is 4. The Hall–Kier alpha value is -1.06. The van der Waals surface area contributed by atoms with Gasteiger partial charge in [-0.2, -0.15) is 0 Å². The molecule has 65 valence electrons. The average molecular weight is 206 g/mol. The third-order valence-corrected chi connectivity index (χ3v) is 0.333. The van der Waals surface area contributed by atoms with E-state index in [1.54, 1.807) is 0 Å². The molecule has 0 saturated carbocycles. The molecule has 0 aliphatic carbocycles. The molecule has 11 heavy (non-hydrogen) atoms. The molecule has 0 unspecified atom stereocenters. The van der Waals surface area contributed by atoms with Crippen LogP contribution < -0.4 is 10.2 Å². The van der Waals surface area contributed by atoms with Crippen LogP contribution in [0, 0.1) is 0 Å². The first kappa shape index (κ1) is 16.5. The van der Waals surface area contributed by atoms with Crippen LogP contribution in [0.3, 0.4) is 0 Å². The van der Waals surface area contributed by atoms with Crippen molar-refractivity contribution in [3.63, 3.8) is 0 Å². The van der Waals surface area contributed by atoms with E-state index >= 15 is 0 Å². The molecule has 0 aliphatic heterocycles. The Labute approximate surface area is 74.7 Å².